The minimum atomic E-state index is -2.69. The Kier molecular flexibility index (Phi) is 2.63. The van der Waals surface area contributed by atoms with Crippen molar-refractivity contribution in [3.05, 3.63) is 0 Å². The molecule has 2 fully saturated rings. The monoisotopic (exact) mass is 216 g/mol. The van der Waals surface area contributed by atoms with Crippen LogP contribution in [0.2, 0.25) is 0 Å². The smallest absolute Gasteiger partial charge is 0.150 e. The van der Waals surface area contributed by atoms with Gasteiger partial charge >= 0.3 is 0 Å². The molecule has 4 atom stereocenters. The number of sulfone groups is 1. The third-order valence-electron chi connectivity index (χ3n) is 4.31. The van der Waals surface area contributed by atoms with Crippen LogP contribution < -0.4 is 0 Å². The molecule has 0 aromatic carbocycles. The highest BCUT2D eigenvalue weighted by Crippen LogP contribution is 2.49. The van der Waals surface area contributed by atoms with Gasteiger partial charge in [-0.1, -0.05) is 26.7 Å². The largest absolute Gasteiger partial charge is 0.229 e. The fourth-order valence-corrected chi connectivity index (χ4v) is 5.90. The molecule has 0 radical (unpaired) electrons. The van der Waals surface area contributed by atoms with Crippen LogP contribution in [-0.4, -0.2) is 19.9 Å². The summed E-state index contributed by atoms with van der Waals surface area (Å²) in [6.07, 6.45) is 3.60. The third-order valence-corrected chi connectivity index (χ3v) is 6.09. The van der Waals surface area contributed by atoms with Gasteiger partial charge < -0.3 is 0 Å². The van der Waals surface area contributed by atoms with E-state index < -0.39 is 9.84 Å². The molecule has 2 rings (SSSR count). The van der Waals surface area contributed by atoms with Crippen LogP contribution >= 0.6 is 0 Å². The van der Waals surface area contributed by atoms with Crippen LogP contribution in [0.5, 0.6) is 0 Å². The molecule has 2 aliphatic rings. The zero-order valence-corrected chi connectivity index (χ0v) is 9.89. The Hall–Kier alpha value is -0.0500. The molecule has 0 bridgehead atoms. The van der Waals surface area contributed by atoms with Crippen LogP contribution in [-0.2, 0) is 9.84 Å². The van der Waals surface area contributed by atoms with E-state index in [1.807, 2.05) is 0 Å². The van der Waals surface area contributed by atoms with Gasteiger partial charge in [0.25, 0.3) is 0 Å². The van der Waals surface area contributed by atoms with Crippen LogP contribution in [0.3, 0.4) is 0 Å². The summed E-state index contributed by atoms with van der Waals surface area (Å²) in [4.78, 5) is 0. The van der Waals surface area contributed by atoms with Crippen LogP contribution in [0.1, 0.15) is 33.1 Å². The normalized spacial score (nSPS) is 45.3. The molecule has 1 aliphatic heterocycles. The molecular formula is C11H20O2S. The van der Waals surface area contributed by atoms with E-state index in [0.717, 1.165) is 12.8 Å². The van der Waals surface area contributed by atoms with E-state index in [4.69, 9.17) is 0 Å². The fraction of sp³-hybridized carbons (Fsp3) is 1.00. The van der Waals surface area contributed by atoms with Crippen LogP contribution in [0.25, 0.3) is 0 Å². The Bertz CT molecular complexity index is 283. The number of fused-ring (bicyclic) bond motifs is 1. The zero-order chi connectivity index (χ0) is 10.3. The van der Waals surface area contributed by atoms with Crippen molar-refractivity contribution < 1.29 is 8.42 Å². The quantitative estimate of drug-likeness (QED) is 0.708. The van der Waals surface area contributed by atoms with E-state index in [0.29, 0.717) is 35.2 Å². The van der Waals surface area contributed by atoms with Crippen LogP contribution in [0.15, 0.2) is 0 Å². The molecule has 14 heavy (non-hydrogen) atoms. The van der Waals surface area contributed by atoms with Gasteiger partial charge in [-0.15, -0.1) is 0 Å². The highest BCUT2D eigenvalue weighted by atomic mass is 32.2. The summed E-state index contributed by atoms with van der Waals surface area (Å²) in [6, 6.07) is 0. The first kappa shape index (κ1) is 10.5. The van der Waals surface area contributed by atoms with Gasteiger partial charge in [0.1, 0.15) is 0 Å². The molecule has 3 heteroatoms. The Morgan fingerprint density at radius 2 is 1.43 bits per heavy atom. The fourth-order valence-electron chi connectivity index (χ4n) is 3.55. The minimum absolute atomic E-state index is 0.479. The summed E-state index contributed by atoms with van der Waals surface area (Å²) in [5, 5.41) is 0. The predicted molar refractivity (Wildman–Crippen MR) is 57.8 cm³/mol. The summed E-state index contributed by atoms with van der Waals surface area (Å²) < 4.78 is 23.1. The molecule has 0 amide bonds. The van der Waals surface area contributed by atoms with Crippen molar-refractivity contribution in [2.24, 2.45) is 23.7 Å². The first-order valence-corrected chi connectivity index (χ1v) is 7.60. The van der Waals surface area contributed by atoms with Crippen molar-refractivity contribution in [1.82, 2.24) is 0 Å². The summed E-state index contributed by atoms with van der Waals surface area (Å²) in [5.74, 6) is 3.31. The molecule has 2 nitrogen and oxygen atoms in total. The van der Waals surface area contributed by atoms with Crippen molar-refractivity contribution >= 4 is 9.84 Å². The van der Waals surface area contributed by atoms with Crippen LogP contribution in [0, 0.1) is 23.7 Å². The van der Waals surface area contributed by atoms with Gasteiger partial charge in [0.05, 0.1) is 11.5 Å². The van der Waals surface area contributed by atoms with Gasteiger partial charge in [0.15, 0.2) is 9.84 Å². The lowest BCUT2D eigenvalue weighted by Gasteiger charge is -2.15. The second kappa shape index (κ2) is 3.51. The lowest BCUT2D eigenvalue weighted by Crippen LogP contribution is -2.14. The van der Waals surface area contributed by atoms with E-state index in [-0.39, 0.29) is 0 Å². The second-order valence-electron chi connectivity index (χ2n) is 4.98. The summed E-state index contributed by atoms with van der Waals surface area (Å²) in [5.41, 5.74) is 0. The number of hydrogen-bond acceptors (Lipinski definition) is 2. The number of hydrogen-bond donors (Lipinski definition) is 0. The predicted octanol–water partition coefficient (Wildman–Crippen LogP) is 2.10. The Balaban J connectivity index is 2.20. The molecule has 0 spiro atoms. The van der Waals surface area contributed by atoms with Gasteiger partial charge in [-0.05, 0) is 30.1 Å². The first-order valence-electron chi connectivity index (χ1n) is 5.77. The van der Waals surface area contributed by atoms with E-state index in [2.05, 4.69) is 13.8 Å². The van der Waals surface area contributed by atoms with Crippen LogP contribution in [0.4, 0.5) is 0 Å². The summed E-state index contributed by atoms with van der Waals surface area (Å²) in [7, 11) is -2.69. The maximum absolute atomic E-state index is 11.6. The molecule has 1 heterocycles. The molecule has 1 saturated carbocycles. The number of rotatable bonds is 2. The zero-order valence-electron chi connectivity index (χ0n) is 9.07. The molecule has 82 valence electrons. The molecular weight excluding hydrogens is 196 g/mol. The molecule has 0 aromatic rings. The lowest BCUT2D eigenvalue weighted by molar-refractivity contribution is 0.349. The topological polar surface area (TPSA) is 34.1 Å². The van der Waals surface area contributed by atoms with Gasteiger partial charge in [-0.25, -0.2) is 8.42 Å². The van der Waals surface area contributed by atoms with Gasteiger partial charge in [0, 0.05) is 0 Å². The van der Waals surface area contributed by atoms with Gasteiger partial charge in [-0.2, -0.15) is 0 Å². The summed E-state index contributed by atoms with van der Waals surface area (Å²) in [6.45, 7) is 4.40. The van der Waals surface area contributed by atoms with Gasteiger partial charge in [0.2, 0.25) is 0 Å². The molecule has 1 aliphatic carbocycles. The Morgan fingerprint density at radius 1 is 1.00 bits per heavy atom. The van der Waals surface area contributed by atoms with Gasteiger partial charge in [-0.3, -0.25) is 0 Å². The van der Waals surface area contributed by atoms with Crippen molar-refractivity contribution in [3.8, 4) is 0 Å². The van der Waals surface area contributed by atoms with E-state index >= 15 is 0 Å². The molecule has 1 saturated heterocycles. The standard InChI is InChI=1S/C11H20O2S/c1-3-8-5-9(4-2)11-7-14(12,13)6-10(8)11/h8-11H,3-7H2,1-2H3. The van der Waals surface area contributed by atoms with E-state index in [1.165, 1.54) is 6.42 Å². The van der Waals surface area contributed by atoms with E-state index in [9.17, 15) is 8.42 Å². The molecule has 0 N–H and O–H groups in total. The maximum atomic E-state index is 11.6. The second-order valence-corrected chi connectivity index (χ2v) is 7.13. The highest BCUT2D eigenvalue weighted by Gasteiger charge is 2.49. The maximum Gasteiger partial charge on any atom is 0.150 e. The Morgan fingerprint density at radius 3 is 1.79 bits per heavy atom. The molecule has 0 aromatic heterocycles. The van der Waals surface area contributed by atoms with Crippen molar-refractivity contribution in [3.63, 3.8) is 0 Å². The molecule has 4 unspecified atom stereocenters. The minimum Gasteiger partial charge on any atom is -0.229 e. The summed E-state index contributed by atoms with van der Waals surface area (Å²) >= 11 is 0. The van der Waals surface area contributed by atoms with Crippen molar-refractivity contribution in [2.45, 2.75) is 33.1 Å². The first-order chi connectivity index (χ1) is 6.57. The average molecular weight is 216 g/mol. The van der Waals surface area contributed by atoms with E-state index in [1.54, 1.807) is 0 Å². The van der Waals surface area contributed by atoms with Crippen molar-refractivity contribution in [2.75, 3.05) is 11.5 Å². The average Bonchev–Trinajstić information content (AvgIpc) is 2.57. The SMILES string of the molecule is CCC1CC(CC)C2CS(=O)(=O)CC12. The Labute approximate surface area is 87.0 Å². The van der Waals surface area contributed by atoms with Crippen molar-refractivity contribution in [1.29, 1.82) is 0 Å². The lowest BCUT2D eigenvalue weighted by atomic mass is 9.89. The third kappa shape index (κ3) is 1.60. The highest BCUT2D eigenvalue weighted by molar-refractivity contribution is 7.91.